The standard InChI is InChI=1S/C29H37N3O4/c1-5-6-7-11-18-32(20-22-14-16-23(17-15-22)31(2)3)26-25(27(33)28(26)34)30-24(29(35)36-4)19-21-12-9-8-10-13-21/h8-10,12-17,24,30H,5-7,11,18-20H2,1-4H3. The lowest BCUT2D eigenvalue weighted by atomic mass is 10.0. The number of rotatable bonds is 14. The van der Waals surface area contributed by atoms with E-state index in [9.17, 15) is 14.4 Å². The van der Waals surface area contributed by atoms with Gasteiger partial charge in [-0.3, -0.25) is 9.59 Å². The summed E-state index contributed by atoms with van der Waals surface area (Å²) < 4.78 is 4.99. The second-order valence-electron chi connectivity index (χ2n) is 9.33. The van der Waals surface area contributed by atoms with Gasteiger partial charge in [0.1, 0.15) is 17.4 Å². The molecule has 1 N–H and O–H groups in total. The van der Waals surface area contributed by atoms with E-state index in [1.165, 1.54) is 7.11 Å². The van der Waals surface area contributed by atoms with E-state index in [0.29, 0.717) is 25.2 Å². The molecule has 0 amide bonds. The second kappa shape index (κ2) is 12.9. The highest BCUT2D eigenvalue weighted by Gasteiger charge is 2.30. The number of nitrogens with zero attached hydrogens (tertiary/aromatic N) is 2. The van der Waals surface area contributed by atoms with Gasteiger partial charge in [-0.15, -0.1) is 0 Å². The van der Waals surface area contributed by atoms with Crippen LogP contribution in [0.15, 0.2) is 64.2 Å². The number of esters is 1. The van der Waals surface area contributed by atoms with Crippen molar-refractivity contribution in [3.8, 4) is 0 Å². The van der Waals surface area contributed by atoms with Gasteiger partial charge in [-0.25, -0.2) is 4.79 Å². The van der Waals surface area contributed by atoms with E-state index >= 15 is 0 Å². The highest BCUT2D eigenvalue weighted by molar-refractivity contribution is 5.84. The summed E-state index contributed by atoms with van der Waals surface area (Å²) in [6.07, 6.45) is 4.52. The maximum absolute atomic E-state index is 12.8. The normalized spacial score (nSPS) is 11.8. The van der Waals surface area contributed by atoms with Gasteiger partial charge in [0, 0.05) is 39.3 Å². The molecular weight excluding hydrogens is 454 g/mol. The Morgan fingerprint density at radius 2 is 1.61 bits per heavy atom. The van der Waals surface area contributed by atoms with E-state index in [1.54, 1.807) is 0 Å². The maximum Gasteiger partial charge on any atom is 0.328 e. The second-order valence-corrected chi connectivity index (χ2v) is 9.33. The topological polar surface area (TPSA) is 79.0 Å². The lowest BCUT2D eigenvalue weighted by Crippen LogP contribution is -2.46. The molecule has 0 heterocycles. The van der Waals surface area contributed by atoms with Crippen molar-refractivity contribution in [3.63, 3.8) is 0 Å². The smallest absolute Gasteiger partial charge is 0.328 e. The van der Waals surface area contributed by atoms with Crippen molar-refractivity contribution in [1.29, 1.82) is 0 Å². The summed E-state index contributed by atoms with van der Waals surface area (Å²) in [6, 6.07) is 16.9. The molecule has 3 aromatic rings. The van der Waals surface area contributed by atoms with Crippen molar-refractivity contribution in [2.24, 2.45) is 0 Å². The maximum atomic E-state index is 12.8. The average molecular weight is 492 g/mol. The first kappa shape index (κ1) is 27.0. The number of benzene rings is 2. The molecule has 0 aliphatic carbocycles. The van der Waals surface area contributed by atoms with Gasteiger partial charge < -0.3 is 19.9 Å². The van der Waals surface area contributed by atoms with Crippen molar-refractivity contribution in [2.45, 2.75) is 51.6 Å². The molecule has 36 heavy (non-hydrogen) atoms. The zero-order chi connectivity index (χ0) is 26.1. The molecule has 0 saturated carbocycles. The number of hydrogen-bond donors (Lipinski definition) is 1. The van der Waals surface area contributed by atoms with Gasteiger partial charge in [0.15, 0.2) is 0 Å². The van der Waals surface area contributed by atoms with Crippen LogP contribution in [-0.2, 0) is 22.5 Å². The fourth-order valence-electron chi connectivity index (χ4n) is 4.29. The summed E-state index contributed by atoms with van der Waals surface area (Å²) in [5, 5.41) is 3.06. The summed E-state index contributed by atoms with van der Waals surface area (Å²) >= 11 is 0. The van der Waals surface area contributed by atoms with Gasteiger partial charge >= 0.3 is 5.97 Å². The average Bonchev–Trinajstić information content (AvgIpc) is 2.90. The van der Waals surface area contributed by atoms with Gasteiger partial charge in [0.05, 0.1) is 7.11 Å². The molecular formula is C29H37N3O4. The Balaban J connectivity index is 1.87. The monoisotopic (exact) mass is 491 g/mol. The third-order valence-electron chi connectivity index (χ3n) is 6.40. The Morgan fingerprint density at radius 1 is 0.917 bits per heavy atom. The van der Waals surface area contributed by atoms with Gasteiger partial charge in [-0.2, -0.15) is 0 Å². The zero-order valence-electron chi connectivity index (χ0n) is 21.8. The first-order valence-corrected chi connectivity index (χ1v) is 12.6. The summed E-state index contributed by atoms with van der Waals surface area (Å²) in [4.78, 5) is 42.0. The molecule has 192 valence electrons. The van der Waals surface area contributed by atoms with E-state index in [4.69, 9.17) is 4.74 Å². The minimum Gasteiger partial charge on any atom is -0.467 e. The third-order valence-corrected chi connectivity index (χ3v) is 6.40. The minimum atomic E-state index is -0.777. The summed E-state index contributed by atoms with van der Waals surface area (Å²) in [5.74, 6) is -0.480. The predicted octanol–water partition coefficient (Wildman–Crippen LogP) is 4.13. The van der Waals surface area contributed by atoms with Crippen molar-refractivity contribution in [1.82, 2.24) is 0 Å². The van der Waals surface area contributed by atoms with Crippen LogP contribution in [0.5, 0.6) is 0 Å². The number of unbranched alkanes of at least 4 members (excludes halogenated alkanes) is 3. The van der Waals surface area contributed by atoms with Gasteiger partial charge in [0.25, 0.3) is 10.9 Å². The molecule has 0 fully saturated rings. The van der Waals surface area contributed by atoms with Crippen LogP contribution >= 0.6 is 0 Å². The summed E-state index contributed by atoms with van der Waals surface area (Å²) in [7, 11) is 5.30. The van der Waals surface area contributed by atoms with E-state index < -0.39 is 22.9 Å². The SMILES string of the molecule is CCCCCCN(Cc1ccc(N(C)C)cc1)c1c(NC(Cc2ccccc2)C(=O)OC)c(=O)c1=O. The molecule has 0 saturated heterocycles. The van der Waals surface area contributed by atoms with Gasteiger partial charge in [0.2, 0.25) is 0 Å². The van der Waals surface area contributed by atoms with Crippen LogP contribution in [-0.4, -0.2) is 39.8 Å². The summed E-state index contributed by atoms with van der Waals surface area (Å²) in [6.45, 7) is 3.31. The Labute approximate surface area is 213 Å². The Morgan fingerprint density at radius 3 is 2.22 bits per heavy atom. The number of hydrogen-bond acceptors (Lipinski definition) is 7. The Hall–Kier alpha value is -3.61. The fraction of sp³-hybridized carbons (Fsp3) is 0.414. The zero-order valence-corrected chi connectivity index (χ0v) is 21.8. The van der Waals surface area contributed by atoms with Gasteiger partial charge in [-0.05, 0) is 29.7 Å². The van der Waals surface area contributed by atoms with Crippen LogP contribution in [0.2, 0.25) is 0 Å². The molecule has 0 bridgehead atoms. The number of ether oxygens (including phenoxy) is 1. The lowest BCUT2D eigenvalue weighted by Gasteiger charge is -2.29. The fourth-order valence-corrected chi connectivity index (χ4v) is 4.29. The molecule has 3 aromatic carbocycles. The molecule has 7 nitrogen and oxygen atoms in total. The van der Waals surface area contributed by atoms with Crippen molar-refractivity contribution in [2.75, 3.05) is 42.9 Å². The first-order valence-electron chi connectivity index (χ1n) is 12.6. The van der Waals surface area contributed by atoms with Crippen LogP contribution in [0, 0.1) is 0 Å². The number of methoxy groups -OCH3 is 1. The van der Waals surface area contributed by atoms with Crippen molar-refractivity contribution in [3.05, 3.63) is 86.2 Å². The van der Waals surface area contributed by atoms with E-state index in [0.717, 1.165) is 42.5 Å². The molecule has 0 aromatic heterocycles. The molecule has 0 spiro atoms. The molecule has 1 atom stereocenters. The summed E-state index contributed by atoms with van der Waals surface area (Å²) in [5.41, 5.74) is 2.52. The molecule has 7 heteroatoms. The number of carbonyl (C=O) groups excluding carboxylic acids is 1. The number of carbonyl (C=O) groups is 1. The molecule has 0 radical (unpaired) electrons. The Bertz CT molecular complexity index is 1180. The van der Waals surface area contributed by atoms with E-state index in [-0.39, 0.29) is 5.69 Å². The molecule has 1 unspecified atom stereocenters. The van der Waals surface area contributed by atoms with Gasteiger partial charge in [-0.1, -0.05) is 68.7 Å². The lowest BCUT2D eigenvalue weighted by molar-refractivity contribution is -0.141. The van der Waals surface area contributed by atoms with Crippen molar-refractivity contribution >= 4 is 23.0 Å². The first-order chi connectivity index (χ1) is 17.3. The largest absolute Gasteiger partial charge is 0.467 e. The third kappa shape index (κ3) is 6.74. The number of anilines is 3. The molecule has 0 aliphatic rings. The molecule has 3 rings (SSSR count). The van der Waals surface area contributed by atoms with Crippen LogP contribution < -0.4 is 26.0 Å². The van der Waals surface area contributed by atoms with E-state index in [2.05, 4.69) is 12.2 Å². The molecule has 0 aliphatic heterocycles. The highest BCUT2D eigenvalue weighted by Crippen LogP contribution is 2.25. The van der Waals surface area contributed by atoms with E-state index in [1.807, 2.05) is 78.5 Å². The predicted molar refractivity (Wildman–Crippen MR) is 147 cm³/mol. The van der Waals surface area contributed by atoms with Crippen molar-refractivity contribution < 1.29 is 9.53 Å². The Kier molecular flexibility index (Phi) is 9.68. The van der Waals surface area contributed by atoms with Crippen LogP contribution in [0.25, 0.3) is 0 Å². The highest BCUT2D eigenvalue weighted by atomic mass is 16.5. The quantitative estimate of drug-likeness (QED) is 0.206. The minimum absolute atomic E-state index is 0.201. The van der Waals surface area contributed by atoms with Crippen LogP contribution in [0.3, 0.4) is 0 Å². The van der Waals surface area contributed by atoms with Crippen LogP contribution in [0.1, 0.15) is 43.7 Å². The van der Waals surface area contributed by atoms with Crippen LogP contribution in [0.4, 0.5) is 17.1 Å². The number of nitrogens with one attached hydrogen (secondary N) is 1.